The topological polar surface area (TPSA) is 94.2 Å². The summed E-state index contributed by atoms with van der Waals surface area (Å²) in [5.41, 5.74) is 0. The third kappa shape index (κ3) is 9.33. The molecule has 0 spiro atoms. The van der Waals surface area contributed by atoms with Crippen molar-refractivity contribution in [2.75, 3.05) is 13.7 Å². The maximum atomic E-state index is 13.7. The molecule has 1 aliphatic carbocycles. The maximum Gasteiger partial charge on any atom is 0.408 e. The lowest BCUT2D eigenvalue weighted by atomic mass is 10.1. The molecule has 204 valence electrons. The second kappa shape index (κ2) is 15.4. The number of hydrogen-bond donors (Lipinski definition) is 1. The molecule has 37 heavy (non-hydrogen) atoms. The molecule has 8 nitrogen and oxygen atoms in total. The van der Waals surface area contributed by atoms with E-state index >= 15 is 0 Å². The maximum absolute atomic E-state index is 13.7. The van der Waals surface area contributed by atoms with E-state index in [1.807, 2.05) is 30.3 Å². The number of rotatable bonds is 13. The van der Waals surface area contributed by atoms with Gasteiger partial charge in [-0.1, -0.05) is 34.8 Å². The first-order chi connectivity index (χ1) is 17.9. The van der Waals surface area contributed by atoms with Crippen molar-refractivity contribution in [2.24, 2.45) is 0 Å². The van der Waals surface area contributed by atoms with Crippen molar-refractivity contribution < 1.29 is 28.0 Å². The van der Waals surface area contributed by atoms with E-state index in [1.54, 1.807) is 0 Å². The predicted molar refractivity (Wildman–Crippen MR) is 146 cm³/mol. The number of nitrogens with zero attached hydrogens (tertiary/aromatic N) is 1. The zero-order valence-electron chi connectivity index (χ0n) is 21.4. The molecule has 2 amide bonds. The van der Waals surface area contributed by atoms with Crippen LogP contribution < -0.4 is 5.32 Å². The van der Waals surface area contributed by atoms with E-state index in [9.17, 15) is 14.4 Å². The Hall–Kier alpha value is -2.04. The molecule has 2 aliphatic rings. The highest BCUT2D eigenvalue weighted by atomic mass is 79.9. The Morgan fingerprint density at radius 3 is 2.57 bits per heavy atom. The van der Waals surface area contributed by atoms with Crippen molar-refractivity contribution >= 4 is 45.9 Å². The van der Waals surface area contributed by atoms with Gasteiger partial charge in [0.2, 0.25) is 5.91 Å². The number of alkyl carbamates (subject to hydrolysis) is 1. The van der Waals surface area contributed by atoms with E-state index in [0.717, 1.165) is 60.7 Å². The van der Waals surface area contributed by atoms with E-state index in [2.05, 4.69) is 27.8 Å². The Morgan fingerprint density at radius 2 is 1.89 bits per heavy atom. The average molecular weight is 598 g/mol. The normalized spacial score (nSPS) is 20.4. The fraction of sp³-hybridized carbons (Fsp3) is 0.593. The summed E-state index contributed by atoms with van der Waals surface area (Å²) in [6.45, 7) is 3.98. The number of halogens is 1. The summed E-state index contributed by atoms with van der Waals surface area (Å²) >= 11 is 4.63. The van der Waals surface area contributed by atoms with Gasteiger partial charge in [-0.25, -0.2) is 9.59 Å². The van der Waals surface area contributed by atoms with E-state index in [4.69, 9.17) is 13.7 Å². The van der Waals surface area contributed by atoms with E-state index in [0.29, 0.717) is 12.8 Å². The second-order valence-electron chi connectivity index (χ2n) is 9.46. The van der Waals surface area contributed by atoms with Crippen LogP contribution in [0.4, 0.5) is 4.79 Å². The molecule has 3 unspecified atom stereocenters. The number of unbranched alkanes of at least 4 members (excludes halogenated alkanes) is 3. The van der Waals surface area contributed by atoms with Crippen molar-refractivity contribution in [2.45, 2.75) is 93.4 Å². The van der Waals surface area contributed by atoms with Gasteiger partial charge >= 0.3 is 12.1 Å². The monoisotopic (exact) mass is 596 g/mol. The van der Waals surface area contributed by atoms with Gasteiger partial charge in [0.15, 0.2) is 0 Å². The summed E-state index contributed by atoms with van der Waals surface area (Å²) < 4.78 is 17.5. The number of carbonyl (C=O) groups is 3. The Kier molecular flexibility index (Phi) is 12.3. The summed E-state index contributed by atoms with van der Waals surface area (Å²) in [6, 6.07) is 6.12. The molecule has 0 radical (unpaired) electrons. The quantitative estimate of drug-likeness (QED) is 0.133. The number of esters is 1. The Balaban J connectivity index is 1.65. The molecule has 1 heterocycles. The zero-order valence-corrected chi connectivity index (χ0v) is 23.8. The molecule has 1 saturated heterocycles. The summed E-state index contributed by atoms with van der Waals surface area (Å²) in [5, 5.41) is 2.79. The van der Waals surface area contributed by atoms with Gasteiger partial charge in [-0.15, -0.1) is 6.58 Å². The molecule has 0 bridgehead atoms. The molecule has 0 aromatic heterocycles. The molecule has 1 aromatic carbocycles. The number of benzene rings is 1. The standard InChI is InChI=1S/C27H37BrN2O6S/c1-3-4-5-6-7-12-23(29-27(33)35-20-10-8-9-11-20)25(31)30-18-21(17-24(30)26(32)34-2)36-37-22-15-13-19(28)14-16-22/h3,13-16,20-21,23-24H,1,4-12,17-18H2,2H3,(H,29,33). The van der Waals surface area contributed by atoms with Crippen molar-refractivity contribution in [3.63, 3.8) is 0 Å². The minimum atomic E-state index is -0.789. The highest BCUT2D eigenvalue weighted by Gasteiger charge is 2.43. The number of amides is 2. The van der Waals surface area contributed by atoms with Crippen LogP contribution in [0.15, 0.2) is 46.3 Å². The van der Waals surface area contributed by atoms with Gasteiger partial charge in [0.1, 0.15) is 18.2 Å². The van der Waals surface area contributed by atoms with Crippen molar-refractivity contribution in [3.05, 3.63) is 41.4 Å². The Bertz CT molecular complexity index is 909. The number of hydrogen-bond acceptors (Lipinski definition) is 7. The predicted octanol–water partition coefficient (Wildman–Crippen LogP) is 5.79. The SMILES string of the molecule is C=CCCCCCC(NC(=O)OC1CCCC1)C(=O)N1CC(OSc2ccc(Br)cc2)CC1C(=O)OC. The summed E-state index contributed by atoms with van der Waals surface area (Å²) in [4.78, 5) is 41.3. The lowest BCUT2D eigenvalue weighted by Gasteiger charge is -2.28. The minimum absolute atomic E-state index is 0.105. The van der Waals surface area contributed by atoms with Gasteiger partial charge < -0.3 is 23.9 Å². The van der Waals surface area contributed by atoms with Crippen LogP contribution in [0.25, 0.3) is 0 Å². The molecule has 1 aliphatic heterocycles. The van der Waals surface area contributed by atoms with Gasteiger partial charge in [0.05, 0.1) is 13.2 Å². The van der Waals surface area contributed by atoms with Crippen LogP contribution in [0.2, 0.25) is 0 Å². The Morgan fingerprint density at radius 1 is 1.16 bits per heavy atom. The molecular formula is C27H37BrN2O6S. The van der Waals surface area contributed by atoms with Crippen LogP contribution in [-0.4, -0.2) is 60.8 Å². The fourth-order valence-electron chi connectivity index (χ4n) is 4.69. The molecule has 3 rings (SSSR count). The third-order valence-corrected chi connectivity index (χ3v) is 8.04. The average Bonchev–Trinajstić information content (AvgIpc) is 3.57. The van der Waals surface area contributed by atoms with E-state index < -0.39 is 24.1 Å². The first-order valence-electron chi connectivity index (χ1n) is 13.0. The van der Waals surface area contributed by atoms with Crippen LogP contribution in [0.1, 0.15) is 64.2 Å². The van der Waals surface area contributed by atoms with Crippen LogP contribution in [-0.2, 0) is 23.2 Å². The molecule has 10 heteroatoms. The van der Waals surface area contributed by atoms with Gasteiger partial charge in [-0.3, -0.25) is 4.79 Å². The summed E-state index contributed by atoms with van der Waals surface area (Å²) in [6.07, 6.45) is 8.91. The summed E-state index contributed by atoms with van der Waals surface area (Å²) in [5.74, 6) is -0.811. The van der Waals surface area contributed by atoms with Crippen LogP contribution >= 0.6 is 28.0 Å². The lowest BCUT2D eigenvalue weighted by Crippen LogP contribution is -2.52. The molecule has 2 fully saturated rings. The number of likely N-dealkylation sites (tertiary alicyclic amines) is 1. The van der Waals surface area contributed by atoms with Gasteiger partial charge in [-0.05, 0) is 69.2 Å². The van der Waals surface area contributed by atoms with Crippen molar-refractivity contribution in [1.82, 2.24) is 10.2 Å². The molecular weight excluding hydrogens is 560 g/mol. The fourth-order valence-corrected chi connectivity index (χ4v) is 5.59. The van der Waals surface area contributed by atoms with E-state index in [-0.39, 0.29) is 24.7 Å². The van der Waals surface area contributed by atoms with Gasteiger partial charge in [-0.2, -0.15) is 0 Å². The zero-order chi connectivity index (χ0) is 26.6. The molecule has 1 N–H and O–H groups in total. The number of ether oxygens (including phenoxy) is 2. The van der Waals surface area contributed by atoms with E-state index in [1.165, 1.54) is 24.1 Å². The number of nitrogens with one attached hydrogen (secondary N) is 1. The lowest BCUT2D eigenvalue weighted by molar-refractivity contribution is -0.151. The van der Waals surface area contributed by atoms with Crippen molar-refractivity contribution in [1.29, 1.82) is 0 Å². The molecule has 1 aromatic rings. The van der Waals surface area contributed by atoms with Crippen LogP contribution in [0.3, 0.4) is 0 Å². The minimum Gasteiger partial charge on any atom is -0.467 e. The highest BCUT2D eigenvalue weighted by molar-refractivity contribution is 9.10. The second-order valence-corrected chi connectivity index (χ2v) is 11.2. The molecule has 3 atom stereocenters. The number of carbonyl (C=O) groups excluding carboxylic acids is 3. The third-order valence-electron chi connectivity index (χ3n) is 6.68. The first kappa shape index (κ1) is 29.5. The van der Waals surface area contributed by atoms with Crippen LogP contribution in [0, 0.1) is 0 Å². The Labute approximate surface area is 232 Å². The summed E-state index contributed by atoms with van der Waals surface area (Å²) in [7, 11) is 1.31. The number of methoxy groups -OCH3 is 1. The number of allylic oxidation sites excluding steroid dienone is 1. The highest BCUT2D eigenvalue weighted by Crippen LogP contribution is 2.30. The largest absolute Gasteiger partial charge is 0.467 e. The molecule has 1 saturated carbocycles. The first-order valence-corrected chi connectivity index (χ1v) is 14.5. The van der Waals surface area contributed by atoms with Gasteiger partial charge in [0.25, 0.3) is 0 Å². The van der Waals surface area contributed by atoms with Gasteiger partial charge in [0, 0.05) is 34.4 Å². The van der Waals surface area contributed by atoms with Crippen LogP contribution in [0.5, 0.6) is 0 Å². The van der Waals surface area contributed by atoms with Crippen molar-refractivity contribution in [3.8, 4) is 0 Å². The smallest absolute Gasteiger partial charge is 0.408 e.